The van der Waals surface area contributed by atoms with Crippen LogP contribution in [0.4, 0.5) is 11.6 Å². The molecule has 0 aromatic carbocycles. The molecule has 31 heavy (non-hydrogen) atoms. The van der Waals surface area contributed by atoms with Crippen molar-refractivity contribution in [2.45, 2.75) is 65.0 Å². The second-order valence-electron chi connectivity index (χ2n) is 9.68. The number of fused-ring (bicyclic) bond motifs is 1. The van der Waals surface area contributed by atoms with Crippen LogP contribution in [0.2, 0.25) is 25.7 Å². The number of hydrogen-bond donors (Lipinski definition) is 1. The predicted molar refractivity (Wildman–Crippen MR) is 124 cm³/mol. The van der Waals surface area contributed by atoms with Gasteiger partial charge in [0.05, 0.1) is 28.0 Å². The van der Waals surface area contributed by atoms with Crippen molar-refractivity contribution < 1.29 is 4.74 Å². The van der Waals surface area contributed by atoms with Crippen molar-refractivity contribution in [3.05, 3.63) is 28.8 Å². The molecule has 0 saturated heterocycles. The van der Waals surface area contributed by atoms with Crippen LogP contribution in [0, 0.1) is 25.2 Å². The number of nitriles is 1. The normalized spacial score (nSPS) is 14.2. The minimum atomic E-state index is -1.17. The smallest absolute Gasteiger partial charge is 0.229 e. The van der Waals surface area contributed by atoms with E-state index in [1.807, 2.05) is 31.7 Å². The SMILES string of the molecule is Cc1nn(C)cc1Nc1nc(C2CC2)c2c(C#N)c(C)n(COCC[Si](C)(C)C)c2n1. The summed E-state index contributed by atoms with van der Waals surface area (Å²) in [5, 5.41) is 18.5. The summed E-state index contributed by atoms with van der Waals surface area (Å²) in [6.07, 6.45) is 4.11. The van der Waals surface area contributed by atoms with E-state index in [9.17, 15) is 5.26 Å². The maximum absolute atomic E-state index is 9.90. The molecule has 3 aromatic heterocycles. The Bertz CT molecular complexity index is 1160. The molecule has 0 spiro atoms. The zero-order valence-corrected chi connectivity index (χ0v) is 20.3. The number of rotatable bonds is 8. The number of anilines is 2. The van der Waals surface area contributed by atoms with Gasteiger partial charge in [0.2, 0.25) is 5.95 Å². The lowest BCUT2D eigenvalue weighted by atomic mass is 10.1. The highest BCUT2D eigenvalue weighted by atomic mass is 28.3. The van der Waals surface area contributed by atoms with Crippen molar-refractivity contribution in [3.63, 3.8) is 0 Å². The van der Waals surface area contributed by atoms with Crippen LogP contribution in [0.1, 0.15) is 41.4 Å². The standard InChI is InChI=1S/C22H31N7OSi/c1-14-18(12-28(3)27-14)24-22-25-20(16-7-8-16)19-17(11-23)15(2)29(21(19)26-22)13-30-9-10-31(4,5)6/h12,16H,7-10,13H2,1-6H3,(H,24,25,26). The van der Waals surface area contributed by atoms with Crippen LogP contribution < -0.4 is 5.32 Å². The molecule has 0 amide bonds. The quantitative estimate of drug-likeness (QED) is 0.409. The fourth-order valence-electron chi connectivity index (χ4n) is 3.76. The Morgan fingerprint density at radius 2 is 2.00 bits per heavy atom. The third-order valence-corrected chi connectivity index (χ3v) is 7.45. The van der Waals surface area contributed by atoms with E-state index < -0.39 is 8.07 Å². The van der Waals surface area contributed by atoms with Crippen LogP contribution in [0.3, 0.4) is 0 Å². The lowest BCUT2D eigenvalue weighted by molar-refractivity contribution is 0.0886. The fraction of sp³-hybridized carbons (Fsp3) is 0.545. The van der Waals surface area contributed by atoms with E-state index in [4.69, 9.17) is 14.7 Å². The maximum Gasteiger partial charge on any atom is 0.229 e. The Hall–Kier alpha value is -2.70. The van der Waals surface area contributed by atoms with Gasteiger partial charge in [-0.15, -0.1) is 0 Å². The van der Waals surface area contributed by atoms with Crippen molar-refractivity contribution in [3.8, 4) is 6.07 Å². The van der Waals surface area contributed by atoms with Crippen LogP contribution in [-0.2, 0) is 18.5 Å². The Morgan fingerprint density at radius 1 is 1.26 bits per heavy atom. The molecule has 8 nitrogen and oxygen atoms in total. The fourth-order valence-corrected chi connectivity index (χ4v) is 4.51. The third kappa shape index (κ3) is 4.50. The van der Waals surface area contributed by atoms with Crippen LogP contribution >= 0.6 is 0 Å². The Kier molecular flexibility index (Phi) is 5.62. The van der Waals surface area contributed by atoms with E-state index in [1.165, 1.54) is 0 Å². The van der Waals surface area contributed by atoms with Gasteiger partial charge >= 0.3 is 0 Å². The summed E-state index contributed by atoms with van der Waals surface area (Å²) < 4.78 is 9.82. The molecule has 164 valence electrons. The molecule has 1 aliphatic rings. The van der Waals surface area contributed by atoms with Crippen molar-refractivity contribution in [2.75, 3.05) is 11.9 Å². The Balaban J connectivity index is 1.74. The molecule has 1 aliphatic carbocycles. The average Bonchev–Trinajstić information content (AvgIpc) is 3.43. The highest BCUT2D eigenvalue weighted by Crippen LogP contribution is 2.44. The van der Waals surface area contributed by atoms with E-state index >= 15 is 0 Å². The first-order valence-electron chi connectivity index (χ1n) is 10.8. The highest BCUT2D eigenvalue weighted by molar-refractivity contribution is 6.76. The first-order chi connectivity index (χ1) is 14.7. The molecule has 0 radical (unpaired) electrons. The summed E-state index contributed by atoms with van der Waals surface area (Å²) in [5.41, 5.74) is 5.05. The predicted octanol–water partition coefficient (Wildman–Crippen LogP) is 4.59. The first-order valence-corrected chi connectivity index (χ1v) is 14.5. The second-order valence-corrected chi connectivity index (χ2v) is 15.3. The largest absolute Gasteiger partial charge is 0.361 e. The number of nitrogens with one attached hydrogen (secondary N) is 1. The van der Waals surface area contributed by atoms with Gasteiger partial charge in [-0.1, -0.05) is 19.6 Å². The number of aryl methyl sites for hydroxylation is 2. The van der Waals surface area contributed by atoms with Crippen LogP contribution in [0.25, 0.3) is 11.0 Å². The van der Waals surface area contributed by atoms with Gasteiger partial charge in [0.15, 0.2) is 0 Å². The number of ether oxygens (including phenoxy) is 1. The Morgan fingerprint density at radius 3 is 2.58 bits per heavy atom. The maximum atomic E-state index is 9.90. The summed E-state index contributed by atoms with van der Waals surface area (Å²) in [6.45, 7) is 12.1. The van der Waals surface area contributed by atoms with Gasteiger partial charge in [0.1, 0.15) is 18.4 Å². The first kappa shape index (κ1) is 21.5. The van der Waals surface area contributed by atoms with Crippen molar-refractivity contribution in [1.29, 1.82) is 5.26 Å². The van der Waals surface area contributed by atoms with Gasteiger partial charge in [0, 0.05) is 39.5 Å². The van der Waals surface area contributed by atoms with Crippen molar-refractivity contribution in [2.24, 2.45) is 7.05 Å². The molecule has 0 atom stereocenters. The average molecular weight is 438 g/mol. The molecule has 0 aliphatic heterocycles. The summed E-state index contributed by atoms with van der Waals surface area (Å²) >= 11 is 0. The van der Waals surface area contributed by atoms with E-state index in [2.05, 4.69) is 36.1 Å². The van der Waals surface area contributed by atoms with E-state index in [-0.39, 0.29) is 0 Å². The Labute approximate surface area is 184 Å². The number of aromatic nitrogens is 5. The zero-order valence-electron chi connectivity index (χ0n) is 19.3. The third-order valence-electron chi connectivity index (χ3n) is 5.74. The molecule has 1 N–H and O–H groups in total. The van der Waals surface area contributed by atoms with Crippen molar-refractivity contribution >= 4 is 30.7 Å². The lowest BCUT2D eigenvalue weighted by Gasteiger charge is -2.16. The summed E-state index contributed by atoms with van der Waals surface area (Å²) in [5.74, 6) is 0.923. The van der Waals surface area contributed by atoms with Gasteiger partial charge in [-0.3, -0.25) is 4.68 Å². The van der Waals surface area contributed by atoms with Crippen molar-refractivity contribution in [1.82, 2.24) is 24.3 Å². The van der Waals surface area contributed by atoms with Gasteiger partial charge in [0.25, 0.3) is 0 Å². The molecule has 0 bridgehead atoms. The minimum absolute atomic E-state index is 0.385. The van der Waals surface area contributed by atoms with Crippen LogP contribution in [0.15, 0.2) is 6.20 Å². The molecule has 3 heterocycles. The molecular weight excluding hydrogens is 406 g/mol. The zero-order chi connectivity index (χ0) is 22.3. The molecule has 3 aromatic rings. The highest BCUT2D eigenvalue weighted by Gasteiger charge is 2.31. The monoisotopic (exact) mass is 437 g/mol. The molecule has 4 rings (SSSR count). The van der Waals surface area contributed by atoms with E-state index in [1.54, 1.807) is 4.68 Å². The van der Waals surface area contributed by atoms with Gasteiger partial charge in [-0.2, -0.15) is 15.3 Å². The minimum Gasteiger partial charge on any atom is -0.361 e. The summed E-state index contributed by atoms with van der Waals surface area (Å²) in [6, 6.07) is 3.50. The van der Waals surface area contributed by atoms with Crippen LogP contribution in [-0.4, -0.2) is 39.0 Å². The van der Waals surface area contributed by atoms with Gasteiger partial charge in [-0.25, -0.2) is 4.98 Å². The van der Waals surface area contributed by atoms with Gasteiger partial charge < -0.3 is 14.6 Å². The topological polar surface area (TPSA) is 93.6 Å². The molecular formula is C22H31N7OSi. The van der Waals surface area contributed by atoms with E-state index in [0.717, 1.165) is 59.3 Å². The lowest BCUT2D eigenvalue weighted by Crippen LogP contribution is -2.22. The molecule has 9 heteroatoms. The summed E-state index contributed by atoms with van der Waals surface area (Å²) in [4.78, 5) is 9.67. The van der Waals surface area contributed by atoms with Gasteiger partial charge in [-0.05, 0) is 32.7 Å². The molecule has 1 saturated carbocycles. The number of hydrogen-bond acceptors (Lipinski definition) is 6. The second kappa shape index (κ2) is 8.09. The number of nitrogens with zero attached hydrogens (tertiary/aromatic N) is 6. The molecule has 1 fully saturated rings. The summed E-state index contributed by atoms with van der Waals surface area (Å²) in [7, 11) is 0.726. The molecule has 0 unspecified atom stereocenters. The van der Waals surface area contributed by atoms with Crippen LogP contribution in [0.5, 0.6) is 0 Å². The van der Waals surface area contributed by atoms with E-state index in [0.29, 0.717) is 24.2 Å².